The number of halogens is 2. The highest BCUT2D eigenvalue weighted by Gasteiger charge is 2.04. The Kier molecular flexibility index (Phi) is 5.07. The Morgan fingerprint density at radius 1 is 1.00 bits per heavy atom. The maximum Gasteiger partial charge on any atom is 0.127 e. The van der Waals surface area contributed by atoms with Gasteiger partial charge in [-0.1, -0.05) is 18.2 Å². The monoisotopic (exact) mass is 276 g/mol. The second kappa shape index (κ2) is 7.01. The van der Waals surface area contributed by atoms with Crippen molar-refractivity contribution in [2.24, 2.45) is 0 Å². The van der Waals surface area contributed by atoms with Crippen molar-refractivity contribution in [3.05, 3.63) is 65.7 Å². The Hall–Kier alpha value is -1.94. The molecule has 2 rings (SSSR count). The normalized spacial score (nSPS) is 10.8. The Bertz CT molecular complexity index is 540. The molecule has 0 saturated heterocycles. The minimum atomic E-state index is -0.243. The largest absolute Gasteiger partial charge is 0.384 e. The SMILES string of the molecule is CN(CCNc1ccc(F)cc1)Cc1ccccc1F. The summed E-state index contributed by atoms with van der Waals surface area (Å²) in [6, 6.07) is 13.0. The molecule has 106 valence electrons. The molecule has 0 unspecified atom stereocenters. The standard InChI is InChI=1S/C16H18F2N2/c1-20(12-13-4-2-3-5-16(13)18)11-10-19-15-8-6-14(17)7-9-15/h2-9,19H,10-12H2,1H3. The number of rotatable bonds is 6. The number of anilines is 1. The molecule has 0 aliphatic carbocycles. The number of hydrogen-bond acceptors (Lipinski definition) is 2. The molecule has 2 nitrogen and oxygen atoms in total. The van der Waals surface area contributed by atoms with E-state index in [0.717, 1.165) is 18.8 Å². The van der Waals surface area contributed by atoms with Crippen LogP contribution in [0.25, 0.3) is 0 Å². The zero-order chi connectivity index (χ0) is 14.4. The maximum atomic E-state index is 13.5. The van der Waals surface area contributed by atoms with Crippen LogP contribution in [0.3, 0.4) is 0 Å². The van der Waals surface area contributed by atoms with Crippen LogP contribution in [-0.2, 0) is 6.54 Å². The second-order valence-electron chi connectivity index (χ2n) is 4.76. The number of likely N-dealkylation sites (N-methyl/N-ethyl adjacent to an activating group) is 1. The summed E-state index contributed by atoms with van der Waals surface area (Å²) in [6.45, 7) is 2.06. The molecular formula is C16H18F2N2. The van der Waals surface area contributed by atoms with Gasteiger partial charge in [0.1, 0.15) is 11.6 Å². The number of nitrogens with zero attached hydrogens (tertiary/aromatic N) is 1. The van der Waals surface area contributed by atoms with Gasteiger partial charge < -0.3 is 10.2 Å². The molecule has 0 amide bonds. The third kappa shape index (κ3) is 4.31. The third-order valence-corrected chi connectivity index (χ3v) is 3.06. The maximum absolute atomic E-state index is 13.5. The van der Waals surface area contributed by atoms with Crippen molar-refractivity contribution in [3.8, 4) is 0 Å². The average molecular weight is 276 g/mol. The summed E-state index contributed by atoms with van der Waals surface area (Å²) < 4.78 is 26.2. The molecule has 0 bridgehead atoms. The summed E-state index contributed by atoms with van der Waals surface area (Å²) >= 11 is 0. The molecule has 0 aliphatic heterocycles. The van der Waals surface area contributed by atoms with Crippen molar-refractivity contribution >= 4 is 5.69 Å². The Labute approximate surface area is 118 Å². The van der Waals surface area contributed by atoms with Crippen molar-refractivity contribution in [2.75, 3.05) is 25.5 Å². The Balaban J connectivity index is 1.76. The van der Waals surface area contributed by atoms with Gasteiger partial charge in [0.25, 0.3) is 0 Å². The van der Waals surface area contributed by atoms with Crippen molar-refractivity contribution in [1.82, 2.24) is 4.90 Å². The molecular weight excluding hydrogens is 258 g/mol. The fraction of sp³-hybridized carbons (Fsp3) is 0.250. The summed E-state index contributed by atoms with van der Waals surface area (Å²) in [6.07, 6.45) is 0. The lowest BCUT2D eigenvalue weighted by Gasteiger charge is -2.17. The average Bonchev–Trinajstić information content (AvgIpc) is 2.44. The Morgan fingerprint density at radius 3 is 2.40 bits per heavy atom. The van der Waals surface area contributed by atoms with E-state index in [1.54, 1.807) is 24.3 Å². The molecule has 1 N–H and O–H groups in total. The van der Waals surface area contributed by atoms with Crippen molar-refractivity contribution in [2.45, 2.75) is 6.54 Å². The molecule has 0 spiro atoms. The molecule has 2 aromatic carbocycles. The molecule has 2 aromatic rings. The third-order valence-electron chi connectivity index (χ3n) is 3.06. The fourth-order valence-electron chi connectivity index (χ4n) is 1.96. The lowest BCUT2D eigenvalue weighted by atomic mass is 10.2. The molecule has 0 saturated carbocycles. The number of benzene rings is 2. The minimum Gasteiger partial charge on any atom is -0.384 e. The highest BCUT2D eigenvalue weighted by Crippen LogP contribution is 2.10. The van der Waals surface area contributed by atoms with Crippen molar-refractivity contribution < 1.29 is 8.78 Å². The molecule has 0 atom stereocenters. The highest BCUT2D eigenvalue weighted by molar-refractivity contribution is 5.42. The van der Waals surface area contributed by atoms with Gasteiger partial charge in [-0.25, -0.2) is 8.78 Å². The van der Waals surface area contributed by atoms with Crippen LogP contribution in [0.2, 0.25) is 0 Å². The summed E-state index contributed by atoms with van der Waals surface area (Å²) in [5.74, 6) is -0.418. The first-order valence-electron chi connectivity index (χ1n) is 6.56. The first kappa shape index (κ1) is 14.5. The van der Waals surface area contributed by atoms with Crippen LogP contribution in [0.1, 0.15) is 5.56 Å². The van der Waals surface area contributed by atoms with Gasteiger partial charge in [0.2, 0.25) is 0 Å². The van der Waals surface area contributed by atoms with E-state index < -0.39 is 0 Å². The first-order chi connectivity index (χ1) is 9.65. The van der Waals surface area contributed by atoms with Gasteiger partial charge in [-0.15, -0.1) is 0 Å². The second-order valence-corrected chi connectivity index (χ2v) is 4.76. The predicted octanol–water partition coefficient (Wildman–Crippen LogP) is 3.51. The van der Waals surface area contributed by atoms with Gasteiger partial charge in [0, 0.05) is 30.9 Å². The van der Waals surface area contributed by atoms with E-state index in [2.05, 4.69) is 5.32 Å². The van der Waals surface area contributed by atoms with Gasteiger partial charge in [0.05, 0.1) is 0 Å². The van der Waals surface area contributed by atoms with Gasteiger partial charge in [-0.05, 0) is 37.4 Å². The van der Waals surface area contributed by atoms with Crippen molar-refractivity contribution in [1.29, 1.82) is 0 Å². The smallest absolute Gasteiger partial charge is 0.127 e. The van der Waals surface area contributed by atoms with Crippen molar-refractivity contribution in [3.63, 3.8) is 0 Å². The molecule has 0 heterocycles. The lowest BCUT2D eigenvalue weighted by Crippen LogP contribution is -2.25. The van der Waals surface area contributed by atoms with Crippen LogP contribution in [-0.4, -0.2) is 25.0 Å². The first-order valence-corrected chi connectivity index (χ1v) is 6.56. The summed E-state index contributed by atoms with van der Waals surface area (Å²) in [7, 11) is 1.94. The highest BCUT2D eigenvalue weighted by atomic mass is 19.1. The van der Waals surface area contributed by atoms with Crippen LogP contribution in [0, 0.1) is 11.6 Å². The van der Waals surface area contributed by atoms with Crippen LogP contribution in [0.5, 0.6) is 0 Å². The quantitative estimate of drug-likeness (QED) is 0.868. The summed E-state index contributed by atoms with van der Waals surface area (Å²) in [5.41, 5.74) is 1.57. The van der Waals surface area contributed by atoms with Gasteiger partial charge >= 0.3 is 0 Å². The van der Waals surface area contributed by atoms with Gasteiger partial charge in [0.15, 0.2) is 0 Å². The molecule has 0 aliphatic rings. The van der Waals surface area contributed by atoms with E-state index in [9.17, 15) is 8.78 Å². The molecule has 0 fully saturated rings. The van der Waals surface area contributed by atoms with E-state index in [-0.39, 0.29) is 11.6 Å². The fourth-order valence-corrected chi connectivity index (χ4v) is 1.96. The topological polar surface area (TPSA) is 15.3 Å². The Morgan fingerprint density at radius 2 is 1.70 bits per heavy atom. The van der Waals surface area contributed by atoms with E-state index in [0.29, 0.717) is 12.1 Å². The van der Waals surface area contributed by atoms with E-state index >= 15 is 0 Å². The van der Waals surface area contributed by atoms with E-state index in [4.69, 9.17) is 0 Å². The van der Waals surface area contributed by atoms with Crippen LogP contribution in [0.15, 0.2) is 48.5 Å². The van der Waals surface area contributed by atoms with E-state index in [1.807, 2.05) is 18.0 Å². The molecule has 0 aromatic heterocycles. The molecule has 4 heteroatoms. The zero-order valence-electron chi connectivity index (χ0n) is 11.4. The summed E-state index contributed by atoms with van der Waals surface area (Å²) in [5, 5.41) is 3.20. The van der Waals surface area contributed by atoms with Crippen LogP contribution >= 0.6 is 0 Å². The van der Waals surface area contributed by atoms with Crippen LogP contribution < -0.4 is 5.32 Å². The molecule has 0 radical (unpaired) electrons. The zero-order valence-corrected chi connectivity index (χ0v) is 11.4. The lowest BCUT2D eigenvalue weighted by molar-refractivity contribution is 0.334. The van der Waals surface area contributed by atoms with Gasteiger partial charge in [-0.3, -0.25) is 0 Å². The summed E-state index contributed by atoms with van der Waals surface area (Å²) in [4.78, 5) is 2.04. The minimum absolute atomic E-state index is 0.175. The number of nitrogens with one attached hydrogen (secondary N) is 1. The molecule has 20 heavy (non-hydrogen) atoms. The number of hydrogen-bond donors (Lipinski definition) is 1. The van der Waals surface area contributed by atoms with E-state index in [1.165, 1.54) is 18.2 Å². The predicted molar refractivity (Wildman–Crippen MR) is 77.6 cm³/mol. The van der Waals surface area contributed by atoms with Gasteiger partial charge in [-0.2, -0.15) is 0 Å². The van der Waals surface area contributed by atoms with Crippen LogP contribution in [0.4, 0.5) is 14.5 Å².